The molecule has 5 nitrogen and oxygen atoms in total. The summed E-state index contributed by atoms with van der Waals surface area (Å²) in [4.78, 5) is 25.9. The third-order valence-electron chi connectivity index (χ3n) is 5.06. The molecule has 4 aromatic rings. The maximum atomic E-state index is 13.2. The minimum Gasteiger partial charge on any atom is -0.350 e. The predicted molar refractivity (Wildman–Crippen MR) is 114 cm³/mol. The molecule has 1 atom stereocenters. The van der Waals surface area contributed by atoms with Crippen LogP contribution in [-0.2, 0) is 11.3 Å². The van der Waals surface area contributed by atoms with E-state index in [1.54, 1.807) is 18.3 Å². The van der Waals surface area contributed by atoms with Crippen LogP contribution in [0.25, 0.3) is 20.2 Å². The molecular weight excluding hydrogens is 370 g/mol. The fourth-order valence-electron chi connectivity index (χ4n) is 3.39. The van der Waals surface area contributed by atoms with Crippen LogP contribution in [0.5, 0.6) is 0 Å². The molecule has 0 unspecified atom stereocenters. The van der Waals surface area contributed by atoms with Crippen molar-refractivity contribution >= 4 is 37.4 Å². The molecule has 28 heavy (non-hydrogen) atoms. The summed E-state index contributed by atoms with van der Waals surface area (Å²) in [6.07, 6.45) is 0. The first-order valence-corrected chi connectivity index (χ1v) is 10.0. The lowest BCUT2D eigenvalue weighted by atomic mass is 10.1. The van der Waals surface area contributed by atoms with Crippen LogP contribution in [0.4, 0.5) is 0 Å². The minimum atomic E-state index is -0.696. The van der Waals surface area contributed by atoms with Gasteiger partial charge in [-0.3, -0.25) is 9.59 Å². The molecule has 0 fully saturated rings. The molecule has 0 saturated carbocycles. The number of thiophene rings is 1. The van der Waals surface area contributed by atoms with E-state index in [4.69, 9.17) is 0 Å². The summed E-state index contributed by atoms with van der Waals surface area (Å²) < 4.78 is 3.24. The number of nitrogens with one attached hydrogen (secondary N) is 1. The lowest BCUT2D eigenvalue weighted by molar-refractivity contribution is -0.124. The number of fused-ring (bicyclic) bond motifs is 3. The van der Waals surface area contributed by atoms with Gasteiger partial charge in [0.2, 0.25) is 5.91 Å². The van der Waals surface area contributed by atoms with Gasteiger partial charge in [0.15, 0.2) is 0 Å². The van der Waals surface area contributed by atoms with E-state index in [9.17, 15) is 9.59 Å². The standard InChI is InChI=1S/C22H21N3O2S/c1-13-8-4-5-9-16(13)12-23-21(26)15(3)25-22(27)19-17-10-6-7-11-18(17)28-20(19)14(2)24-25/h4-11,15H,12H2,1-3H3,(H,23,26)/t15-/m1/s1. The molecule has 0 aliphatic heterocycles. The van der Waals surface area contributed by atoms with Gasteiger partial charge >= 0.3 is 0 Å². The summed E-state index contributed by atoms with van der Waals surface area (Å²) in [6.45, 7) is 6.02. The number of benzene rings is 2. The molecule has 0 bridgehead atoms. The Morgan fingerprint density at radius 1 is 1.14 bits per heavy atom. The number of carbonyl (C=O) groups is 1. The Hall–Kier alpha value is -2.99. The van der Waals surface area contributed by atoms with E-state index >= 15 is 0 Å². The molecular formula is C22H21N3O2S. The average molecular weight is 391 g/mol. The van der Waals surface area contributed by atoms with Crippen molar-refractivity contribution in [1.29, 1.82) is 0 Å². The van der Waals surface area contributed by atoms with Crippen molar-refractivity contribution in [3.8, 4) is 0 Å². The average Bonchev–Trinajstić information content (AvgIpc) is 3.10. The Balaban J connectivity index is 1.69. The van der Waals surface area contributed by atoms with E-state index in [1.165, 1.54) is 4.68 Å². The molecule has 0 aliphatic rings. The van der Waals surface area contributed by atoms with Gasteiger partial charge in [0, 0.05) is 16.6 Å². The second kappa shape index (κ2) is 7.20. The van der Waals surface area contributed by atoms with Crippen LogP contribution in [0.2, 0.25) is 0 Å². The molecule has 0 aliphatic carbocycles. The SMILES string of the molecule is Cc1ccccc1CNC(=O)[C@@H](C)n1nc(C)c2sc3ccccc3c2c1=O. The van der Waals surface area contributed by atoms with Crippen LogP contribution in [-0.4, -0.2) is 15.7 Å². The van der Waals surface area contributed by atoms with Crippen molar-refractivity contribution in [1.82, 2.24) is 15.1 Å². The minimum absolute atomic E-state index is 0.225. The number of hydrogen-bond donors (Lipinski definition) is 1. The van der Waals surface area contributed by atoms with Crippen molar-refractivity contribution in [3.05, 3.63) is 75.7 Å². The quantitative estimate of drug-likeness (QED) is 0.569. The number of aryl methyl sites for hydroxylation is 2. The van der Waals surface area contributed by atoms with Crippen molar-refractivity contribution in [2.75, 3.05) is 0 Å². The highest BCUT2D eigenvalue weighted by Gasteiger charge is 2.21. The third kappa shape index (κ3) is 3.10. The Morgan fingerprint density at radius 3 is 2.64 bits per heavy atom. The highest BCUT2D eigenvalue weighted by Crippen LogP contribution is 2.32. The molecule has 0 radical (unpaired) electrons. The monoisotopic (exact) mass is 391 g/mol. The van der Waals surface area contributed by atoms with E-state index < -0.39 is 6.04 Å². The molecule has 2 aromatic heterocycles. The summed E-state index contributed by atoms with van der Waals surface area (Å²) in [5.41, 5.74) is 2.71. The van der Waals surface area contributed by atoms with Crippen LogP contribution in [0.1, 0.15) is 29.8 Å². The Labute approximate surface area is 166 Å². The number of amides is 1. The molecule has 0 spiro atoms. The van der Waals surface area contributed by atoms with E-state index in [0.717, 1.165) is 31.6 Å². The summed E-state index contributed by atoms with van der Waals surface area (Å²) >= 11 is 1.56. The zero-order chi connectivity index (χ0) is 19.8. The molecule has 0 saturated heterocycles. The van der Waals surface area contributed by atoms with Gasteiger partial charge in [0.25, 0.3) is 5.56 Å². The van der Waals surface area contributed by atoms with E-state index in [1.807, 2.05) is 62.4 Å². The van der Waals surface area contributed by atoms with E-state index in [0.29, 0.717) is 11.9 Å². The predicted octanol–water partition coefficient (Wildman–Crippen LogP) is 4.11. The van der Waals surface area contributed by atoms with Gasteiger partial charge in [-0.25, -0.2) is 4.68 Å². The second-order valence-corrected chi connectivity index (χ2v) is 8.01. The maximum absolute atomic E-state index is 13.2. The van der Waals surface area contributed by atoms with Crippen LogP contribution < -0.4 is 10.9 Å². The first kappa shape index (κ1) is 18.4. The van der Waals surface area contributed by atoms with E-state index in [-0.39, 0.29) is 11.5 Å². The molecule has 4 rings (SSSR count). The summed E-state index contributed by atoms with van der Waals surface area (Å²) in [5.74, 6) is -0.226. The number of rotatable bonds is 4. The van der Waals surface area contributed by atoms with Gasteiger partial charge in [-0.2, -0.15) is 5.10 Å². The molecule has 1 N–H and O–H groups in total. The number of carbonyl (C=O) groups excluding carboxylic acids is 1. The highest BCUT2D eigenvalue weighted by molar-refractivity contribution is 7.26. The van der Waals surface area contributed by atoms with Crippen molar-refractivity contribution in [2.45, 2.75) is 33.4 Å². The summed E-state index contributed by atoms with van der Waals surface area (Å²) in [6, 6.07) is 15.0. The Morgan fingerprint density at radius 2 is 1.86 bits per heavy atom. The normalized spacial score (nSPS) is 12.4. The van der Waals surface area contributed by atoms with Gasteiger partial charge in [0.1, 0.15) is 6.04 Å². The first-order valence-electron chi connectivity index (χ1n) is 9.20. The fraction of sp³-hybridized carbons (Fsp3) is 0.227. The van der Waals surface area contributed by atoms with E-state index in [2.05, 4.69) is 10.4 Å². The largest absolute Gasteiger partial charge is 0.350 e. The maximum Gasteiger partial charge on any atom is 0.276 e. The number of hydrogen-bond acceptors (Lipinski definition) is 4. The topological polar surface area (TPSA) is 64.0 Å². The highest BCUT2D eigenvalue weighted by atomic mass is 32.1. The Bertz CT molecular complexity index is 1260. The van der Waals surface area contributed by atoms with Gasteiger partial charge in [-0.1, -0.05) is 42.5 Å². The smallest absolute Gasteiger partial charge is 0.276 e. The molecule has 2 heterocycles. The number of aromatic nitrogens is 2. The molecule has 6 heteroatoms. The lowest BCUT2D eigenvalue weighted by Crippen LogP contribution is -2.37. The van der Waals surface area contributed by atoms with Crippen molar-refractivity contribution in [2.24, 2.45) is 0 Å². The summed E-state index contributed by atoms with van der Waals surface area (Å²) in [7, 11) is 0. The van der Waals surface area contributed by atoms with Crippen molar-refractivity contribution < 1.29 is 4.79 Å². The van der Waals surface area contributed by atoms with Crippen LogP contribution in [0, 0.1) is 13.8 Å². The van der Waals surface area contributed by atoms with Crippen LogP contribution >= 0.6 is 11.3 Å². The molecule has 1 amide bonds. The van der Waals surface area contributed by atoms with Gasteiger partial charge in [-0.15, -0.1) is 11.3 Å². The van der Waals surface area contributed by atoms with Gasteiger partial charge in [-0.05, 0) is 38.0 Å². The van der Waals surface area contributed by atoms with Crippen LogP contribution in [0.15, 0.2) is 53.3 Å². The third-order valence-corrected chi connectivity index (χ3v) is 6.34. The summed E-state index contributed by atoms with van der Waals surface area (Å²) in [5, 5.41) is 8.93. The zero-order valence-corrected chi connectivity index (χ0v) is 16.8. The molecule has 142 valence electrons. The van der Waals surface area contributed by atoms with Crippen molar-refractivity contribution in [3.63, 3.8) is 0 Å². The fourth-order valence-corrected chi connectivity index (χ4v) is 4.53. The van der Waals surface area contributed by atoms with Crippen LogP contribution in [0.3, 0.4) is 0 Å². The molecule has 2 aromatic carbocycles. The zero-order valence-electron chi connectivity index (χ0n) is 16.0. The lowest BCUT2D eigenvalue weighted by Gasteiger charge is -2.15. The Kier molecular flexibility index (Phi) is 4.73. The second-order valence-electron chi connectivity index (χ2n) is 6.96. The number of nitrogens with zero attached hydrogens (tertiary/aromatic N) is 2. The van der Waals surface area contributed by atoms with Gasteiger partial charge < -0.3 is 5.32 Å². The first-order chi connectivity index (χ1) is 13.5. The van der Waals surface area contributed by atoms with Gasteiger partial charge in [0.05, 0.1) is 15.8 Å².